The first-order valence-electron chi connectivity index (χ1n) is 9.06. The molecule has 0 radical (unpaired) electrons. The minimum Gasteiger partial charge on any atom is -0.444 e. The third-order valence-electron chi connectivity index (χ3n) is 4.38. The zero-order chi connectivity index (χ0) is 19.4. The van der Waals surface area contributed by atoms with E-state index in [0.29, 0.717) is 26.2 Å². The minimum atomic E-state index is -0.543. The molecule has 26 heavy (non-hydrogen) atoms. The summed E-state index contributed by atoms with van der Waals surface area (Å²) in [5.74, 6) is -0.0975. The van der Waals surface area contributed by atoms with Gasteiger partial charge in [0.15, 0.2) is 0 Å². The van der Waals surface area contributed by atoms with Crippen LogP contribution in [-0.2, 0) is 15.1 Å². The largest absolute Gasteiger partial charge is 0.444 e. The van der Waals surface area contributed by atoms with E-state index in [1.165, 1.54) is 0 Å². The van der Waals surface area contributed by atoms with E-state index in [2.05, 4.69) is 29.5 Å². The van der Waals surface area contributed by atoms with Crippen LogP contribution in [0.3, 0.4) is 0 Å². The molecule has 1 aliphatic rings. The van der Waals surface area contributed by atoms with Crippen molar-refractivity contribution in [1.29, 1.82) is 0 Å². The summed E-state index contributed by atoms with van der Waals surface area (Å²) >= 11 is 0. The van der Waals surface area contributed by atoms with Crippen molar-refractivity contribution in [3.8, 4) is 0 Å². The highest BCUT2D eigenvalue weighted by Crippen LogP contribution is 2.18. The summed E-state index contributed by atoms with van der Waals surface area (Å²) in [5.41, 5.74) is -0.676. The molecule has 0 saturated carbocycles. The van der Waals surface area contributed by atoms with Crippen molar-refractivity contribution in [2.45, 2.75) is 58.2 Å². The molecule has 1 aliphatic heterocycles. The van der Waals surface area contributed by atoms with Gasteiger partial charge in [0.25, 0.3) is 0 Å². The molecule has 2 N–H and O–H groups in total. The Hall–Kier alpha value is -2.09. The van der Waals surface area contributed by atoms with Crippen molar-refractivity contribution in [3.05, 3.63) is 18.7 Å². The van der Waals surface area contributed by atoms with E-state index in [-0.39, 0.29) is 17.5 Å². The van der Waals surface area contributed by atoms with E-state index in [1.54, 1.807) is 17.4 Å². The van der Waals surface area contributed by atoms with E-state index >= 15 is 0 Å². The molecule has 8 heteroatoms. The second kappa shape index (κ2) is 8.07. The number of ether oxygens (including phenoxy) is 1. The van der Waals surface area contributed by atoms with Gasteiger partial charge in [-0.2, -0.15) is 0 Å². The smallest absolute Gasteiger partial charge is 0.410 e. The van der Waals surface area contributed by atoms with Gasteiger partial charge in [-0.25, -0.2) is 9.78 Å². The number of nitrogens with one attached hydrogen (secondary N) is 2. The first-order chi connectivity index (χ1) is 12.1. The highest BCUT2D eigenvalue weighted by Gasteiger charge is 2.31. The van der Waals surface area contributed by atoms with Crippen LogP contribution in [0.25, 0.3) is 0 Å². The van der Waals surface area contributed by atoms with Gasteiger partial charge < -0.3 is 24.8 Å². The van der Waals surface area contributed by atoms with Crippen LogP contribution in [0.5, 0.6) is 0 Å². The Kier molecular flexibility index (Phi) is 6.28. The van der Waals surface area contributed by atoms with Crippen LogP contribution in [0, 0.1) is 0 Å². The minimum absolute atomic E-state index is 0.0975. The molecule has 0 aliphatic carbocycles. The quantitative estimate of drug-likeness (QED) is 0.822. The molecule has 0 spiro atoms. The van der Waals surface area contributed by atoms with Crippen LogP contribution in [-0.4, -0.2) is 64.3 Å². The Balaban J connectivity index is 1.81. The maximum absolute atomic E-state index is 12.5. The molecule has 2 heterocycles. The molecule has 0 bridgehead atoms. The van der Waals surface area contributed by atoms with Crippen molar-refractivity contribution in [1.82, 2.24) is 25.1 Å². The maximum atomic E-state index is 12.5. The predicted octanol–water partition coefficient (Wildman–Crippen LogP) is 1.33. The summed E-state index contributed by atoms with van der Waals surface area (Å²) in [6.07, 6.45) is 5.85. The fraction of sp³-hybridized carbons (Fsp3) is 0.722. The summed E-state index contributed by atoms with van der Waals surface area (Å²) in [7, 11) is 0. The van der Waals surface area contributed by atoms with Gasteiger partial charge in [-0.15, -0.1) is 0 Å². The molecule has 2 rings (SSSR count). The highest BCUT2D eigenvalue weighted by atomic mass is 16.6. The van der Waals surface area contributed by atoms with E-state index in [1.807, 2.05) is 31.5 Å². The third kappa shape index (κ3) is 5.72. The van der Waals surface area contributed by atoms with Crippen LogP contribution < -0.4 is 10.6 Å². The SMILES string of the molecule is CC(C)(C)OC(=O)N1CCN[C@@H](C(=O)NCCC(C)(C)n2ccnc2)C1. The van der Waals surface area contributed by atoms with Gasteiger partial charge in [-0.05, 0) is 41.0 Å². The number of imidazole rings is 1. The Morgan fingerprint density at radius 2 is 2.04 bits per heavy atom. The number of aromatic nitrogens is 2. The Morgan fingerprint density at radius 1 is 1.31 bits per heavy atom. The molecule has 1 fully saturated rings. The van der Waals surface area contributed by atoms with Gasteiger partial charge in [0, 0.05) is 44.1 Å². The molecular formula is C18H31N5O3. The van der Waals surface area contributed by atoms with Crippen LogP contribution in [0.15, 0.2) is 18.7 Å². The zero-order valence-corrected chi connectivity index (χ0v) is 16.4. The van der Waals surface area contributed by atoms with Crippen LogP contribution in [0.1, 0.15) is 41.0 Å². The second-order valence-corrected chi connectivity index (χ2v) is 8.26. The Labute approximate surface area is 155 Å². The molecular weight excluding hydrogens is 334 g/mol. The number of hydrogen-bond acceptors (Lipinski definition) is 5. The van der Waals surface area contributed by atoms with E-state index in [0.717, 1.165) is 6.42 Å². The Morgan fingerprint density at radius 3 is 2.65 bits per heavy atom. The number of amides is 2. The van der Waals surface area contributed by atoms with E-state index in [4.69, 9.17) is 4.74 Å². The molecule has 1 aromatic heterocycles. The van der Waals surface area contributed by atoms with Crippen molar-refractivity contribution in [2.75, 3.05) is 26.2 Å². The second-order valence-electron chi connectivity index (χ2n) is 8.26. The molecule has 8 nitrogen and oxygen atoms in total. The highest BCUT2D eigenvalue weighted by molar-refractivity contribution is 5.83. The standard InChI is InChI=1S/C18H31N5O3/c1-17(2,3)26-16(25)22-10-9-20-14(12-22)15(24)21-7-6-18(4,5)23-11-8-19-13-23/h8,11,13-14,20H,6-7,9-10,12H2,1-5H3,(H,21,24)/t14-/m1/s1. The number of piperazine rings is 1. The van der Waals surface area contributed by atoms with Gasteiger partial charge in [0.05, 0.1) is 6.33 Å². The molecule has 1 atom stereocenters. The maximum Gasteiger partial charge on any atom is 0.410 e. The van der Waals surface area contributed by atoms with E-state index in [9.17, 15) is 9.59 Å². The predicted molar refractivity (Wildman–Crippen MR) is 98.8 cm³/mol. The third-order valence-corrected chi connectivity index (χ3v) is 4.38. The number of carbonyl (C=O) groups is 2. The monoisotopic (exact) mass is 365 g/mol. The fourth-order valence-electron chi connectivity index (χ4n) is 2.78. The van der Waals surface area contributed by atoms with Crippen molar-refractivity contribution >= 4 is 12.0 Å². The normalized spacial score (nSPS) is 18.5. The molecule has 1 aromatic rings. The summed E-state index contributed by atoms with van der Waals surface area (Å²) in [5, 5.41) is 6.13. The molecule has 0 aromatic carbocycles. The fourth-order valence-corrected chi connectivity index (χ4v) is 2.78. The lowest BCUT2D eigenvalue weighted by atomic mass is 10.0. The van der Waals surface area contributed by atoms with E-state index < -0.39 is 11.6 Å². The summed E-state index contributed by atoms with van der Waals surface area (Å²) in [6.45, 7) is 11.7. The van der Waals surface area contributed by atoms with Crippen molar-refractivity contribution in [3.63, 3.8) is 0 Å². The lowest BCUT2D eigenvalue weighted by Gasteiger charge is -2.34. The zero-order valence-electron chi connectivity index (χ0n) is 16.4. The molecule has 146 valence electrons. The van der Waals surface area contributed by atoms with Crippen LogP contribution in [0.2, 0.25) is 0 Å². The lowest BCUT2D eigenvalue weighted by Crippen LogP contribution is -2.59. The topological polar surface area (TPSA) is 88.5 Å². The van der Waals surface area contributed by atoms with Gasteiger partial charge >= 0.3 is 6.09 Å². The summed E-state index contributed by atoms with van der Waals surface area (Å²) < 4.78 is 7.42. The average Bonchev–Trinajstić information content (AvgIpc) is 3.08. The molecule has 2 amide bonds. The van der Waals surface area contributed by atoms with Gasteiger partial charge in [0.2, 0.25) is 5.91 Å². The number of nitrogens with zero attached hydrogens (tertiary/aromatic N) is 3. The number of rotatable bonds is 5. The summed E-state index contributed by atoms with van der Waals surface area (Å²) in [4.78, 5) is 30.3. The van der Waals surface area contributed by atoms with Gasteiger partial charge in [-0.1, -0.05) is 0 Å². The van der Waals surface area contributed by atoms with Crippen LogP contribution in [0.4, 0.5) is 4.79 Å². The first-order valence-corrected chi connectivity index (χ1v) is 9.06. The number of hydrogen-bond donors (Lipinski definition) is 2. The molecule has 0 unspecified atom stereocenters. The molecule has 1 saturated heterocycles. The lowest BCUT2D eigenvalue weighted by molar-refractivity contribution is -0.124. The van der Waals surface area contributed by atoms with Gasteiger partial charge in [-0.3, -0.25) is 4.79 Å². The average molecular weight is 365 g/mol. The Bertz CT molecular complexity index is 607. The van der Waals surface area contributed by atoms with Crippen molar-refractivity contribution < 1.29 is 14.3 Å². The number of carbonyl (C=O) groups excluding carboxylic acids is 2. The van der Waals surface area contributed by atoms with Gasteiger partial charge in [0.1, 0.15) is 11.6 Å². The summed E-state index contributed by atoms with van der Waals surface area (Å²) in [6, 6.07) is -0.423. The van der Waals surface area contributed by atoms with Crippen molar-refractivity contribution in [2.24, 2.45) is 0 Å². The first kappa shape index (κ1) is 20.2. The van der Waals surface area contributed by atoms with Crippen LogP contribution >= 0.6 is 0 Å².